The van der Waals surface area contributed by atoms with Crippen LogP contribution in [-0.2, 0) is 0 Å². The van der Waals surface area contributed by atoms with Gasteiger partial charge in [-0.1, -0.05) is 33.8 Å². The highest BCUT2D eigenvalue weighted by Crippen LogP contribution is 2.41. The van der Waals surface area contributed by atoms with Gasteiger partial charge in [0.05, 0.1) is 24.0 Å². The molecule has 0 aliphatic carbocycles. The summed E-state index contributed by atoms with van der Waals surface area (Å²) in [6.45, 7) is 13.2. The Morgan fingerprint density at radius 1 is 1.33 bits per heavy atom. The topological polar surface area (TPSA) is 50.8 Å². The highest BCUT2D eigenvalue weighted by atomic mass is 28.4. The molecule has 2 aromatic rings. The summed E-state index contributed by atoms with van der Waals surface area (Å²) in [5.74, 6) is 0.834. The number of benzene rings is 1. The SMILES string of the molecule is CCC(c1c(C#N)cccc1O[Si](C)(C)C(C)(C)C)n1ccnc1. The van der Waals surface area contributed by atoms with Crippen molar-refractivity contribution in [2.75, 3.05) is 0 Å². The minimum Gasteiger partial charge on any atom is -0.543 e. The van der Waals surface area contributed by atoms with E-state index in [-0.39, 0.29) is 11.1 Å². The van der Waals surface area contributed by atoms with Crippen LogP contribution >= 0.6 is 0 Å². The van der Waals surface area contributed by atoms with Crippen molar-refractivity contribution in [3.8, 4) is 11.8 Å². The third-order valence-electron chi connectivity index (χ3n) is 4.96. The molecule has 1 aromatic heterocycles. The van der Waals surface area contributed by atoms with Crippen LogP contribution < -0.4 is 4.43 Å². The average molecular weight is 342 g/mol. The summed E-state index contributed by atoms with van der Waals surface area (Å²) in [4.78, 5) is 4.16. The monoisotopic (exact) mass is 341 g/mol. The molecule has 0 fully saturated rings. The van der Waals surface area contributed by atoms with Crippen molar-refractivity contribution in [3.63, 3.8) is 0 Å². The van der Waals surface area contributed by atoms with Crippen molar-refractivity contribution in [1.82, 2.24) is 9.55 Å². The number of imidazole rings is 1. The van der Waals surface area contributed by atoms with Gasteiger partial charge in [-0.05, 0) is 36.7 Å². The first kappa shape index (κ1) is 18.3. The zero-order valence-electron chi connectivity index (χ0n) is 15.5. The highest BCUT2D eigenvalue weighted by Gasteiger charge is 2.40. The molecule has 0 radical (unpaired) electrons. The Labute approximate surface area is 146 Å². The van der Waals surface area contributed by atoms with Gasteiger partial charge in [0, 0.05) is 18.0 Å². The predicted molar refractivity (Wildman–Crippen MR) is 99.6 cm³/mol. The summed E-state index contributed by atoms with van der Waals surface area (Å²) in [6, 6.07) is 8.16. The van der Waals surface area contributed by atoms with E-state index in [1.807, 2.05) is 24.4 Å². The predicted octanol–water partition coefficient (Wildman–Crippen LogP) is 5.14. The fourth-order valence-electron chi connectivity index (χ4n) is 2.52. The van der Waals surface area contributed by atoms with Crippen molar-refractivity contribution < 1.29 is 4.43 Å². The molecule has 1 heterocycles. The third kappa shape index (κ3) is 3.54. The molecule has 0 spiro atoms. The number of rotatable bonds is 5. The van der Waals surface area contributed by atoms with Gasteiger partial charge in [0.15, 0.2) is 0 Å². The van der Waals surface area contributed by atoms with Crippen molar-refractivity contribution in [1.29, 1.82) is 5.26 Å². The van der Waals surface area contributed by atoms with Gasteiger partial charge in [0.2, 0.25) is 8.32 Å². The van der Waals surface area contributed by atoms with Gasteiger partial charge in [0.1, 0.15) is 5.75 Å². The van der Waals surface area contributed by atoms with Gasteiger partial charge < -0.3 is 8.99 Å². The van der Waals surface area contributed by atoms with Crippen LogP contribution in [0.4, 0.5) is 0 Å². The van der Waals surface area contributed by atoms with Crippen molar-refractivity contribution >= 4 is 8.32 Å². The van der Waals surface area contributed by atoms with E-state index >= 15 is 0 Å². The minimum absolute atomic E-state index is 0.0446. The molecule has 4 nitrogen and oxygen atoms in total. The van der Waals surface area contributed by atoms with E-state index < -0.39 is 8.32 Å². The van der Waals surface area contributed by atoms with Crippen LogP contribution in [-0.4, -0.2) is 17.9 Å². The highest BCUT2D eigenvalue weighted by molar-refractivity contribution is 6.74. The Hall–Kier alpha value is -2.06. The van der Waals surface area contributed by atoms with E-state index in [0.29, 0.717) is 5.56 Å². The number of nitrogens with zero attached hydrogens (tertiary/aromatic N) is 3. The molecule has 1 atom stereocenters. The fourth-order valence-corrected chi connectivity index (χ4v) is 3.55. The van der Waals surface area contributed by atoms with E-state index in [1.54, 1.807) is 12.5 Å². The first-order chi connectivity index (χ1) is 11.2. The second-order valence-electron chi connectivity index (χ2n) is 7.63. The van der Waals surface area contributed by atoms with Crippen LogP contribution in [0, 0.1) is 11.3 Å². The van der Waals surface area contributed by atoms with Crippen LogP contribution in [0.25, 0.3) is 0 Å². The first-order valence-corrected chi connectivity index (χ1v) is 11.3. The van der Waals surface area contributed by atoms with Crippen LogP contribution in [0.3, 0.4) is 0 Å². The Balaban J connectivity index is 2.56. The van der Waals surface area contributed by atoms with Gasteiger partial charge in [-0.25, -0.2) is 4.98 Å². The Bertz CT molecular complexity index is 724. The molecule has 0 saturated carbocycles. The fraction of sp³-hybridized carbons (Fsp3) is 0.474. The number of hydrogen-bond donors (Lipinski definition) is 0. The molecule has 0 N–H and O–H groups in total. The van der Waals surface area contributed by atoms with Gasteiger partial charge >= 0.3 is 0 Å². The average Bonchev–Trinajstić information content (AvgIpc) is 3.02. The maximum atomic E-state index is 9.62. The van der Waals surface area contributed by atoms with Crippen molar-refractivity contribution in [2.45, 2.75) is 58.3 Å². The van der Waals surface area contributed by atoms with Gasteiger partial charge in [0.25, 0.3) is 0 Å². The first-order valence-electron chi connectivity index (χ1n) is 8.40. The Morgan fingerprint density at radius 3 is 2.54 bits per heavy atom. The molecule has 1 unspecified atom stereocenters. The summed E-state index contributed by atoms with van der Waals surface area (Å²) < 4.78 is 8.63. The van der Waals surface area contributed by atoms with Crippen LogP contribution in [0.5, 0.6) is 5.75 Å². The zero-order chi connectivity index (χ0) is 18.0. The van der Waals surface area contributed by atoms with Gasteiger partial charge in [-0.2, -0.15) is 5.26 Å². The summed E-state index contributed by atoms with van der Waals surface area (Å²) >= 11 is 0. The third-order valence-corrected chi connectivity index (χ3v) is 9.31. The quantitative estimate of drug-likeness (QED) is 0.708. The van der Waals surface area contributed by atoms with E-state index in [1.165, 1.54) is 0 Å². The molecule has 24 heavy (non-hydrogen) atoms. The molecular formula is C19H27N3OSi. The van der Waals surface area contributed by atoms with Crippen molar-refractivity contribution in [3.05, 3.63) is 48.0 Å². The summed E-state index contributed by atoms with van der Waals surface area (Å²) in [5.41, 5.74) is 1.64. The molecule has 5 heteroatoms. The summed E-state index contributed by atoms with van der Waals surface area (Å²) in [7, 11) is -1.99. The van der Waals surface area contributed by atoms with E-state index in [2.05, 4.69) is 56.4 Å². The van der Waals surface area contributed by atoms with Gasteiger partial charge in [-0.3, -0.25) is 0 Å². The molecule has 0 aliphatic heterocycles. The molecule has 0 bridgehead atoms. The van der Waals surface area contributed by atoms with E-state index in [9.17, 15) is 5.26 Å². The molecule has 0 saturated heterocycles. The standard InChI is InChI=1S/C19H27N3OSi/c1-7-16(22-12-11-21-14-22)18-15(13-20)9-8-10-17(18)23-24(5,6)19(2,3)4/h8-12,14,16H,7H2,1-6H3. The molecule has 128 valence electrons. The largest absolute Gasteiger partial charge is 0.543 e. The lowest BCUT2D eigenvalue weighted by molar-refractivity contribution is 0.469. The lowest BCUT2D eigenvalue weighted by Gasteiger charge is -2.37. The van der Waals surface area contributed by atoms with Crippen LogP contribution in [0.2, 0.25) is 18.1 Å². The zero-order valence-corrected chi connectivity index (χ0v) is 16.5. The number of aromatic nitrogens is 2. The lowest BCUT2D eigenvalue weighted by atomic mass is 9.98. The smallest absolute Gasteiger partial charge is 0.250 e. The maximum Gasteiger partial charge on any atom is 0.250 e. The number of nitriles is 1. The Kier molecular flexibility index (Phi) is 5.19. The maximum absolute atomic E-state index is 9.62. The molecule has 2 rings (SSSR count). The molecular weight excluding hydrogens is 314 g/mol. The lowest BCUT2D eigenvalue weighted by Crippen LogP contribution is -2.44. The minimum atomic E-state index is -1.99. The molecule has 0 amide bonds. The summed E-state index contributed by atoms with van der Waals surface area (Å²) in [6.07, 6.45) is 6.38. The van der Waals surface area contributed by atoms with Crippen LogP contribution in [0.1, 0.15) is 51.3 Å². The second kappa shape index (κ2) is 6.82. The molecule has 0 aliphatic rings. The van der Waals surface area contributed by atoms with E-state index in [0.717, 1.165) is 17.7 Å². The van der Waals surface area contributed by atoms with Crippen molar-refractivity contribution in [2.24, 2.45) is 0 Å². The van der Waals surface area contributed by atoms with Crippen LogP contribution in [0.15, 0.2) is 36.9 Å². The van der Waals surface area contributed by atoms with Gasteiger partial charge in [-0.15, -0.1) is 0 Å². The normalized spacial score (nSPS) is 13.4. The second-order valence-corrected chi connectivity index (χ2v) is 12.4. The molecule has 1 aromatic carbocycles. The Morgan fingerprint density at radius 2 is 2.04 bits per heavy atom. The van der Waals surface area contributed by atoms with E-state index in [4.69, 9.17) is 4.43 Å². The summed E-state index contributed by atoms with van der Waals surface area (Å²) in [5, 5.41) is 9.72. The number of hydrogen-bond acceptors (Lipinski definition) is 3.